The minimum atomic E-state index is 0.00712. The van der Waals surface area contributed by atoms with Crippen LogP contribution in [0, 0.1) is 16.7 Å². The zero-order valence-corrected chi connectivity index (χ0v) is 21.8. The van der Waals surface area contributed by atoms with Crippen LogP contribution in [0.4, 0.5) is 5.69 Å². The number of ether oxygens (including phenoxy) is 1. The summed E-state index contributed by atoms with van der Waals surface area (Å²) in [5, 5.41) is 10.5. The van der Waals surface area contributed by atoms with Crippen molar-refractivity contribution in [3.05, 3.63) is 36.0 Å². The van der Waals surface area contributed by atoms with Crippen molar-refractivity contribution in [3.8, 4) is 6.07 Å². The number of aromatic nitrogens is 1. The van der Waals surface area contributed by atoms with Crippen LogP contribution in [0.25, 0.3) is 10.9 Å². The zero-order valence-electron chi connectivity index (χ0n) is 21.8. The van der Waals surface area contributed by atoms with Gasteiger partial charge in [-0.15, -0.1) is 0 Å². The maximum atomic E-state index is 12.9. The molecule has 2 aromatic rings. The van der Waals surface area contributed by atoms with Crippen molar-refractivity contribution < 1.29 is 9.53 Å². The van der Waals surface area contributed by atoms with E-state index in [0.29, 0.717) is 12.0 Å². The van der Waals surface area contributed by atoms with Crippen molar-refractivity contribution in [1.82, 2.24) is 14.8 Å². The number of fused-ring (bicyclic) bond motifs is 1. The van der Waals surface area contributed by atoms with Crippen LogP contribution >= 0.6 is 0 Å². The summed E-state index contributed by atoms with van der Waals surface area (Å²) in [5.74, 6) is 0.277. The first-order valence-corrected chi connectivity index (χ1v) is 12.9. The third-order valence-electron chi connectivity index (χ3n) is 7.04. The van der Waals surface area contributed by atoms with E-state index in [-0.39, 0.29) is 29.6 Å². The molecule has 0 radical (unpaired) electrons. The number of nitrogens with zero attached hydrogens (tertiary/aromatic N) is 5. The fraction of sp³-hybridized carbons (Fsp3) is 0.607. The number of rotatable bonds is 5. The summed E-state index contributed by atoms with van der Waals surface area (Å²) in [6.07, 6.45) is 3.48. The standard InChI is InChI=1S/C28H39N5O2/c1-6-22-17-31(12-13-33(22)26(34)14-28(3,4)5)18-23-19-32(16-20(2)35-23)25-10-9-21(15-29)27-24(25)8-7-11-30-27/h7-11,20,22-23H,6,12-14,16-19H2,1-5H3/t20-,22+,23-/m1/s1. The average Bonchev–Trinajstić information content (AvgIpc) is 2.81. The average molecular weight is 478 g/mol. The number of carbonyl (C=O) groups excluding carboxylic acids is 1. The second kappa shape index (κ2) is 10.5. The number of amides is 1. The lowest BCUT2D eigenvalue weighted by molar-refractivity contribution is -0.138. The van der Waals surface area contributed by atoms with E-state index in [1.165, 1.54) is 0 Å². The summed E-state index contributed by atoms with van der Waals surface area (Å²) in [6, 6.07) is 10.4. The Hall–Kier alpha value is -2.69. The maximum Gasteiger partial charge on any atom is 0.223 e. The van der Waals surface area contributed by atoms with Crippen LogP contribution in [0.5, 0.6) is 0 Å². The van der Waals surface area contributed by atoms with Crippen molar-refractivity contribution >= 4 is 22.5 Å². The van der Waals surface area contributed by atoms with Gasteiger partial charge in [0.15, 0.2) is 0 Å². The fourth-order valence-electron chi connectivity index (χ4n) is 5.47. The Kier molecular flexibility index (Phi) is 7.63. The van der Waals surface area contributed by atoms with Crippen molar-refractivity contribution in [2.75, 3.05) is 44.2 Å². The Labute approximate surface area is 209 Å². The molecule has 2 aliphatic heterocycles. The van der Waals surface area contributed by atoms with Gasteiger partial charge in [0, 0.05) is 69.0 Å². The summed E-state index contributed by atoms with van der Waals surface area (Å²) in [6.45, 7) is 15.7. The molecule has 3 atom stereocenters. The molecule has 3 heterocycles. The van der Waals surface area contributed by atoms with E-state index < -0.39 is 0 Å². The van der Waals surface area contributed by atoms with Gasteiger partial charge in [-0.1, -0.05) is 27.7 Å². The largest absolute Gasteiger partial charge is 0.370 e. The zero-order chi connectivity index (χ0) is 25.2. The number of carbonyl (C=O) groups is 1. The molecule has 0 bridgehead atoms. The molecular weight excluding hydrogens is 438 g/mol. The summed E-state index contributed by atoms with van der Waals surface area (Å²) < 4.78 is 6.37. The number of pyridine rings is 1. The van der Waals surface area contributed by atoms with Gasteiger partial charge in [-0.3, -0.25) is 14.7 Å². The van der Waals surface area contributed by atoms with E-state index in [1.54, 1.807) is 6.20 Å². The molecule has 7 heteroatoms. The Balaban J connectivity index is 1.45. The molecule has 35 heavy (non-hydrogen) atoms. The molecule has 188 valence electrons. The lowest BCUT2D eigenvalue weighted by atomic mass is 9.91. The molecule has 2 fully saturated rings. The van der Waals surface area contributed by atoms with E-state index in [2.05, 4.69) is 60.4 Å². The first kappa shape index (κ1) is 25.4. The molecule has 1 amide bonds. The lowest BCUT2D eigenvalue weighted by Crippen LogP contribution is -2.58. The van der Waals surface area contributed by atoms with Gasteiger partial charge in [0.1, 0.15) is 6.07 Å². The van der Waals surface area contributed by atoms with Crippen molar-refractivity contribution in [2.24, 2.45) is 5.41 Å². The number of benzene rings is 1. The van der Waals surface area contributed by atoms with Gasteiger partial charge < -0.3 is 14.5 Å². The third-order valence-corrected chi connectivity index (χ3v) is 7.04. The van der Waals surface area contributed by atoms with Crippen LogP contribution in [0.15, 0.2) is 30.5 Å². The first-order chi connectivity index (χ1) is 16.7. The van der Waals surface area contributed by atoms with Crippen LogP contribution in [-0.4, -0.2) is 78.2 Å². The molecule has 1 aromatic heterocycles. The van der Waals surface area contributed by atoms with E-state index in [1.807, 2.05) is 24.3 Å². The smallest absolute Gasteiger partial charge is 0.223 e. The van der Waals surface area contributed by atoms with Gasteiger partial charge in [-0.25, -0.2) is 0 Å². The predicted molar refractivity (Wildman–Crippen MR) is 139 cm³/mol. The van der Waals surface area contributed by atoms with Gasteiger partial charge in [-0.05, 0) is 43.0 Å². The van der Waals surface area contributed by atoms with E-state index >= 15 is 0 Å². The molecule has 0 N–H and O–H groups in total. The highest BCUT2D eigenvalue weighted by Gasteiger charge is 2.34. The SMILES string of the molecule is CC[C@H]1CN(C[C@@H]2CN(c3ccc(C#N)c4ncccc34)C[C@@H](C)O2)CCN1C(=O)CC(C)(C)C. The molecule has 2 saturated heterocycles. The highest BCUT2D eigenvalue weighted by Crippen LogP contribution is 2.31. The van der Waals surface area contributed by atoms with Crippen LogP contribution in [0.2, 0.25) is 0 Å². The molecule has 4 rings (SSSR count). The molecule has 1 aromatic carbocycles. The molecule has 0 aliphatic carbocycles. The van der Waals surface area contributed by atoms with Crippen molar-refractivity contribution in [3.63, 3.8) is 0 Å². The fourth-order valence-corrected chi connectivity index (χ4v) is 5.47. The minimum Gasteiger partial charge on any atom is -0.370 e. The van der Waals surface area contributed by atoms with Gasteiger partial charge in [0.05, 0.1) is 23.3 Å². The summed E-state index contributed by atoms with van der Waals surface area (Å²) >= 11 is 0. The highest BCUT2D eigenvalue weighted by molar-refractivity contribution is 5.95. The van der Waals surface area contributed by atoms with Crippen molar-refractivity contribution in [1.29, 1.82) is 5.26 Å². The van der Waals surface area contributed by atoms with Gasteiger partial charge >= 0.3 is 0 Å². The predicted octanol–water partition coefficient (Wildman–Crippen LogP) is 4.06. The Morgan fingerprint density at radius 3 is 2.71 bits per heavy atom. The lowest BCUT2D eigenvalue weighted by Gasteiger charge is -2.45. The number of hydrogen-bond donors (Lipinski definition) is 0. The van der Waals surface area contributed by atoms with Gasteiger partial charge in [0.2, 0.25) is 5.91 Å². The molecular formula is C28H39N5O2. The highest BCUT2D eigenvalue weighted by atomic mass is 16.5. The van der Waals surface area contributed by atoms with E-state index in [4.69, 9.17) is 4.74 Å². The van der Waals surface area contributed by atoms with Crippen LogP contribution in [0.1, 0.15) is 53.0 Å². The first-order valence-electron chi connectivity index (χ1n) is 12.9. The molecule has 0 unspecified atom stereocenters. The number of anilines is 1. The molecule has 7 nitrogen and oxygen atoms in total. The summed E-state index contributed by atoms with van der Waals surface area (Å²) in [5.41, 5.74) is 2.47. The molecule has 0 saturated carbocycles. The number of nitriles is 1. The Bertz CT molecular complexity index is 1090. The van der Waals surface area contributed by atoms with E-state index in [0.717, 1.165) is 62.3 Å². The van der Waals surface area contributed by atoms with Gasteiger partial charge in [-0.2, -0.15) is 5.26 Å². The molecule has 2 aliphatic rings. The van der Waals surface area contributed by atoms with Crippen molar-refractivity contribution in [2.45, 2.75) is 65.7 Å². The van der Waals surface area contributed by atoms with Crippen LogP contribution in [0.3, 0.4) is 0 Å². The Morgan fingerprint density at radius 2 is 2.00 bits per heavy atom. The topological polar surface area (TPSA) is 72.7 Å². The second-order valence-corrected chi connectivity index (χ2v) is 11.3. The Morgan fingerprint density at radius 1 is 1.20 bits per heavy atom. The third kappa shape index (κ3) is 5.94. The monoisotopic (exact) mass is 477 g/mol. The summed E-state index contributed by atoms with van der Waals surface area (Å²) in [4.78, 5) is 24.4. The van der Waals surface area contributed by atoms with Crippen LogP contribution in [-0.2, 0) is 9.53 Å². The number of morpholine rings is 1. The van der Waals surface area contributed by atoms with Gasteiger partial charge in [0.25, 0.3) is 0 Å². The number of piperazine rings is 1. The number of hydrogen-bond acceptors (Lipinski definition) is 6. The van der Waals surface area contributed by atoms with Crippen LogP contribution < -0.4 is 4.90 Å². The van der Waals surface area contributed by atoms with E-state index in [9.17, 15) is 10.1 Å². The maximum absolute atomic E-state index is 12.9. The quantitative estimate of drug-likeness (QED) is 0.647. The normalized spacial score (nSPS) is 23.9. The molecule has 0 spiro atoms. The minimum absolute atomic E-state index is 0.00712. The second-order valence-electron chi connectivity index (χ2n) is 11.3. The summed E-state index contributed by atoms with van der Waals surface area (Å²) in [7, 11) is 0.